The molecule has 6 nitrogen and oxygen atoms in total. The van der Waals surface area contributed by atoms with Crippen molar-refractivity contribution in [3.63, 3.8) is 0 Å². The molecule has 0 amide bonds. The van der Waals surface area contributed by atoms with Crippen LogP contribution in [0.25, 0.3) is 0 Å². The van der Waals surface area contributed by atoms with Crippen LogP contribution in [0.1, 0.15) is 98.3 Å². The van der Waals surface area contributed by atoms with Gasteiger partial charge in [0.1, 0.15) is 0 Å². The quantitative estimate of drug-likeness (QED) is 0.164. The van der Waals surface area contributed by atoms with Gasteiger partial charge in [0.25, 0.3) is 0 Å². The van der Waals surface area contributed by atoms with E-state index in [0.29, 0.717) is 13.2 Å². The minimum atomic E-state index is -3.60. The van der Waals surface area contributed by atoms with Gasteiger partial charge in [0, 0.05) is 25.5 Å². The molecule has 1 atom stereocenters. The lowest BCUT2D eigenvalue weighted by Gasteiger charge is -2.33. The average molecular weight is 433 g/mol. The molecular weight excluding hydrogens is 387 g/mol. The van der Waals surface area contributed by atoms with Gasteiger partial charge in [-0.05, 0) is 26.2 Å². The van der Waals surface area contributed by atoms with Crippen molar-refractivity contribution in [3.05, 3.63) is 12.4 Å². The monoisotopic (exact) mass is 432 g/mol. The number of rotatable bonds is 19. The molecule has 0 bridgehead atoms. The van der Waals surface area contributed by atoms with Crippen molar-refractivity contribution in [2.24, 2.45) is 0 Å². The van der Waals surface area contributed by atoms with Crippen LogP contribution in [-0.4, -0.2) is 42.5 Å². The minimum absolute atomic E-state index is 0.393. The largest absolute Gasteiger partial charge is 0.478 e. The van der Waals surface area contributed by atoms with E-state index in [1.807, 2.05) is 17.3 Å². The molecule has 1 heterocycles. The van der Waals surface area contributed by atoms with Crippen molar-refractivity contribution in [2.45, 2.75) is 105 Å². The predicted molar refractivity (Wildman–Crippen MR) is 120 cm³/mol. The molecule has 1 unspecified atom stereocenters. The molecule has 29 heavy (non-hydrogen) atoms. The van der Waals surface area contributed by atoms with Crippen molar-refractivity contribution < 1.29 is 18.1 Å². The zero-order valence-corrected chi connectivity index (χ0v) is 20.2. The Kier molecular flexibility index (Phi) is 14.8. The van der Waals surface area contributed by atoms with Crippen molar-refractivity contribution >= 4 is 7.82 Å². The van der Waals surface area contributed by atoms with Crippen LogP contribution in [0.15, 0.2) is 12.4 Å². The maximum absolute atomic E-state index is 13.3. The number of hydrogen-bond acceptors (Lipinski definition) is 6. The molecule has 0 aliphatic carbocycles. The Balaban J connectivity index is 2.58. The molecule has 0 N–H and O–H groups in total. The van der Waals surface area contributed by atoms with Gasteiger partial charge in [-0.15, -0.1) is 0 Å². The highest BCUT2D eigenvalue weighted by atomic mass is 31.2. The highest BCUT2D eigenvalue weighted by Gasteiger charge is 2.37. The fourth-order valence-electron chi connectivity index (χ4n) is 3.18. The van der Waals surface area contributed by atoms with Crippen LogP contribution in [0.4, 0.5) is 0 Å². The van der Waals surface area contributed by atoms with E-state index >= 15 is 0 Å². The third-order valence-electron chi connectivity index (χ3n) is 5.12. The summed E-state index contributed by atoms with van der Waals surface area (Å²) in [6, 6.07) is 0. The van der Waals surface area contributed by atoms with E-state index < -0.39 is 14.2 Å². The topological polar surface area (TPSA) is 51.2 Å². The number of unbranched alkanes of at least 4 members (excludes halogenated alkanes) is 8. The van der Waals surface area contributed by atoms with Gasteiger partial charge in [-0.1, -0.05) is 72.1 Å². The molecule has 0 saturated carbocycles. The van der Waals surface area contributed by atoms with E-state index in [2.05, 4.69) is 32.6 Å². The van der Waals surface area contributed by atoms with E-state index in [9.17, 15) is 4.57 Å². The van der Waals surface area contributed by atoms with Gasteiger partial charge < -0.3 is 9.80 Å². The summed E-state index contributed by atoms with van der Waals surface area (Å²) >= 11 is 0. The fourth-order valence-corrected chi connectivity index (χ4v) is 4.56. The summed E-state index contributed by atoms with van der Waals surface area (Å²) in [4.78, 5) is 4.16. The van der Waals surface area contributed by atoms with Crippen LogP contribution in [0, 0.1) is 0 Å². The first kappa shape index (κ1) is 26.5. The average Bonchev–Trinajstić information content (AvgIpc) is 3.09. The summed E-state index contributed by atoms with van der Waals surface area (Å²) in [5, 5.41) is 0. The van der Waals surface area contributed by atoms with Crippen molar-refractivity contribution in [3.8, 4) is 0 Å². The summed E-state index contributed by atoms with van der Waals surface area (Å²) in [5.41, 5.74) is 0. The first-order valence-electron chi connectivity index (χ1n) is 11.9. The van der Waals surface area contributed by atoms with E-state index in [-0.39, 0.29) is 0 Å². The first-order chi connectivity index (χ1) is 14.1. The summed E-state index contributed by atoms with van der Waals surface area (Å²) in [6.45, 7) is 10.9. The maximum atomic E-state index is 13.3. The molecular formula is C22H45N2O4P. The van der Waals surface area contributed by atoms with Gasteiger partial charge in [-0.2, -0.15) is 0 Å². The van der Waals surface area contributed by atoms with E-state index in [0.717, 1.165) is 45.2 Å². The third kappa shape index (κ3) is 10.9. The Hall–Kier alpha value is -0.550. The second-order valence-electron chi connectivity index (χ2n) is 7.74. The van der Waals surface area contributed by atoms with Crippen molar-refractivity contribution in [2.75, 3.05) is 26.3 Å². The smallest absolute Gasteiger partial charge is 0.334 e. The lowest BCUT2D eigenvalue weighted by Crippen LogP contribution is -2.40. The molecule has 0 aromatic carbocycles. The highest BCUT2D eigenvalue weighted by Crippen LogP contribution is 2.52. The van der Waals surface area contributed by atoms with Gasteiger partial charge in [0.15, 0.2) is 0 Å². The molecule has 7 heteroatoms. The Bertz CT molecular complexity index is 462. The number of phosphoric ester groups is 1. The van der Waals surface area contributed by atoms with Crippen LogP contribution in [0.5, 0.6) is 0 Å². The van der Waals surface area contributed by atoms with Crippen LogP contribution in [0.2, 0.25) is 0 Å². The first-order valence-corrected chi connectivity index (χ1v) is 13.3. The molecule has 1 rings (SSSR count). The zero-order chi connectivity index (χ0) is 21.4. The summed E-state index contributed by atoms with van der Waals surface area (Å²) in [6.07, 6.45) is 16.1. The number of hydrogen-bond donors (Lipinski definition) is 0. The minimum Gasteiger partial charge on any atom is -0.334 e. The van der Waals surface area contributed by atoms with Gasteiger partial charge in [0.2, 0.25) is 6.35 Å². The maximum Gasteiger partial charge on any atom is 0.478 e. The van der Waals surface area contributed by atoms with Gasteiger partial charge in [-0.25, -0.2) is 9.09 Å². The Morgan fingerprint density at radius 2 is 1.24 bits per heavy atom. The summed E-state index contributed by atoms with van der Waals surface area (Å²) in [7, 11) is -3.60. The number of nitrogens with zero attached hydrogens (tertiary/aromatic N) is 2. The van der Waals surface area contributed by atoms with Crippen molar-refractivity contribution in [1.82, 2.24) is 9.80 Å². The number of phosphoric acid groups is 1. The molecule has 0 spiro atoms. The van der Waals surface area contributed by atoms with Crippen LogP contribution in [0.3, 0.4) is 0 Å². The van der Waals surface area contributed by atoms with Crippen LogP contribution >= 0.6 is 7.82 Å². The highest BCUT2D eigenvalue weighted by molar-refractivity contribution is 7.48. The van der Waals surface area contributed by atoms with Crippen LogP contribution < -0.4 is 0 Å². The molecule has 1 aliphatic rings. The lowest BCUT2D eigenvalue weighted by molar-refractivity contribution is -0.0537. The molecule has 1 aliphatic heterocycles. The second-order valence-corrected chi connectivity index (χ2v) is 9.36. The van der Waals surface area contributed by atoms with Crippen LogP contribution in [-0.2, 0) is 18.1 Å². The van der Waals surface area contributed by atoms with E-state index in [1.165, 1.54) is 38.5 Å². The van der Waals surface area contributed by atoms with Gasteiger partial charge >= 0.3 is 7.82 Å². The summed E-state index contributed by atoms with van der Waals surface area (Å²) in [5.74, 6) is 0. The molecule has 0 aromatic rings. The predicted octanol–water partition coefficient (Wildman–Crippen LogP) is 6.89. The third-order valence-corrected chi connectivity index (χ3v) is 6.56. The Labute approximate surface area is 179 Å². The molecule has 0 aromatic heterocycles. The van der Waals surface area contributed by atoms with Crippen molar-refractivity contribution in [1.29, 1.82) is 0 Å². The molecule has 172 valence electrons. The lowest BCUT2D eigenvalue weighted by atomic mass is 10.1. The Morgan fingerprint density at radius 3 is 1.79 bits per heavy atom. The normalized spacial score (nSPS) is 16.9. The SMILES string of the molecule is CCCCCCCCCN1C=CN(CC)C1OP(=O)(OCCCC)OCCCC. The standard InChI is InChI=1S/C22H45N2O4P/c1-5-9-12-13-14-15-16-17-24-19-18-23(8-4)22(24)28-29(25,26-20-10-6-2)27-21-11-7-3/h18-19,22H,5-17,20-21H2,1-4H3. The van der Waals surface area contributed by atoms with E-state index in [4.69, 9.17) is 13.6 Å². The zero-order valence-electron chi connectivity index (χ0n) is 19.3. The van der Waals surface area contributed by atoms with E-state index in [1.54, 1.807) is 0 Å². The second kappa shape index (κ2) is 16.2. The summed E-state index contributed by atoms with van der Waals surface area (Å²) < 4.78 is 30.5. The molecule has 0 fully saturated rings. The Morgan fingerprint density at radius 1 is 0.724 bits per heavy atom. The van der Waals surface area contributed by atoms with Gasteiger partial charge in [0.05, 0.1) is 13.2 Å². The fraction of sp³-hybridized carbons (Fsp3) is 0.909. The van der Waals surface area contributed by atoms with Gasteiger partial charge in [-0.3, -0.25) is 9.05 Å². The molecule has 0 radical (unpaired) electrons. The molecule has 0 saturated heterocycles.